The van der Waals surface area contributed by atoms with Crippen LogP contribution in [0.3, 0.4) is 0 Å². The van der Waals surface area contributed by atoms with Crippen LogP contribution in [0, 0.1) is 12.8 Å². The number of aliphatic carboxylic acids is 1. The smallest absolute Gasteiger partial charge is 0.305 e. The monoisotopic (exact) mass is 288 g/mol. The van der Waals surface area contributed by atoms with Gasteiger partial charge in [0.15, 0.2) is 0 Å². The summed E-state index contributed by atoms with van der Waals surface area (Å²) in [4.78, 5) is 25.0. The third kappa shape index (κ3) is 3.92. The zero-order chi connectivity index (χ0) is 15.4. The first kappa shape index (κ1) is 15.3. The highest BCUT2D eigenvalue weighted by atomic mass is 16.4. The number of carboxylic acids is 1. The molecule has 1 aromatic carbocycles. The minimum absolute atomic E-state index is 0.0812. The molecule has 112 valence electrons. The molecule has 1 aromatic rings. The predicted octanol–water partition coefficient (Wildman–Crippen LogP) is 1.71. The lowest BCUT2D eigenvalue weighted by molar-refractivity contribution is -0.136. The summed E-state index contributed by atoms with van der Waals surface area (Å²) in [5, 5.41) is 8.87. The molecule has 0 spiro atoms. The fourth-order valence-corrected chi connectivity index (χ4v) is 2.41. The summed E-state index contributed by atoms with van der Waals surface area (Å²) >= 11 is 0. The molecule has 5 nitrogen and oxygen atoms in total. The molecule has 21 heavy (non-hydrogen) atoms. The van der Waals surface area contributed by atoms with Crippen molar-refractivity contribution in [3.05, 3.63) is 42.0 Å². The van der Waals surface area contributed by atoms with Crippen molar-refractivity contribution >= 4 is 17.6 Å². The van der Waals surface area contributed by atoms with Crippen molar-refractivity contribution in [2.45, 2.75) is 25.8 Å². The van der Waals surface area contributed by atoms with E-state index in [9.17, 15) is 9.59 Å². The molecular weight excluding hydrogens is 268 g/mol. The number of aryl methyl sites for hydroxylation is 1. The molecule has 1 amide bonds. The maximum Gasteiger partial charge on any atom is 0.305 e. The number of carbonyl (C=O) groups is 2. The summed E-state index contributed by atoms with van der Waals surface area (Å²) in [6.07, 6.45) is 4.14. The molecule has 0 heterocycles. The molecule has 5 heteroatoms. The maximum atomic E-state index is 12.6. The molecule has 0 aromatic heterocycles. The second-order valence-corrected chi connectivity index (χ2v) is 5.36. The third-order valence-electron chi connectivity index (χ3n) is 3.59. The summed E-state index contributed by atoms with van der Waals surface area (Å²) < 4.78 is 0. The summed E-state index contributed by atoms with van der Waals surface area (Å²) in [6.45, 7) is 2.13. The molecular formula is C16H20N2O3. The van der Waals surface area contributed by atoms with Gasteiger partial charge in [-0.15, -0.1) is 0 Å². The first-order chi connectivity index (χ1) is 9.97. The van der Waals surface area contributed by atoms with E-state index >= 15 is 0 Å². The Labute approximate surface area is 124 Å². The van der Waals surface area contributed by atoms with Crippen LogP contribution in [0.4, 0.5) is 5.69 Å². The minimum Gasteiger partial charge on any atom is -0.481 e. The molecule has 0 radical (unpaired) electrons. The molecule has 2 rings (SSSR count). The van der Waals surface area contributed by atoms with Crippen LogP contribution >= 0.6 is 0 Å². The van der Waals surface area contributed by atoms with Crippen molar-refractivity contribution in [3.63, 3.8) is 0 Å². The van der Waals surface area contributed by atoms with Gasteiger partial charge in [-0.2, -0.15) is 0 Å². The highest BCUT2D eigenvalue weighted by molar-refractivity contribution is 5.96. The topological polar surface area (TPSA) is 83.6 Å². The van der Waals surface area contributed by atoms with Crippen molar-refractivity contribution in [3.8, 4) is 0 Å². The fourth-order valence-electron chi connectivity index (χ4n) is 2.41. The number of anilines is 1. The predicted molar refractivity (Wildman–Crippen MR) is 81.0 cm³/mol. The molecule has 0 fully saturated rings. The summed E-state index contributed by atoms with van der Waals surface area (Å²) in [5.74, 6) is -1.28. The second kappa shape index (κ2) is 6.54. The number of carboxylic acid groups (broad SMARTS) is 1. The molecule has 0 aliphatic heterocycles. The van der Waals surface area contributed by atoms with Gasteiger partial charge in [0, 0.05) is 18.3 Å². The van der Waals surface area contributed by atoms with E-state index in [1.54, 1.807) is 4.90 Å². The number of hydrogen-bond donors (Lipinski definition) is 2. The van der Waals surface area contributed by atoms with Crippen LogP contribution in [-0.2, 0) is 9.59 Å². The van der Waals surface area contributed by atoms with Gasteiger partial charge in [0.1, 0.15) is 0 Å². The quantitative estimate of drug-likeness (QED) is 0.808. The van der Waals surface area contributed by atoms with E-state index in [4.69, 9.17) is 10.8 Å². The van der Waals surface area contributed by atoms with Crippen molar-refractivity contribution in [1.82, 2.24) is 0 Å². The molecule has 0 bridgehead atoms. The third-order valence-corrected chi connectivity index (χ3v) is 3.59. The summed E-state index contributed by atoms with van der Waals surface area (Å²) in [7, 11) is 0. The molecule has 3 N–H and O–H groups in total. The normalized spacial score (nSPS) is 20.5. The molecule has 1 aliphatic carbocycles. The Hall–Kier alpha value is -2.14. The SMILES string of the molecule is Cc1ccc(N(CCC(=O)O)C(=O)C2C=CC(N)C2)cc1. The van der Waals surface area contributed by atoms with Crippen LogP contribution in [0.5, 0.6) is 0 Å². The van der Waals surface area contributed by atoms with Crippen LogP contribution in [0.1, 0.15) is 18.4 Å². The van der Waals surface area contributed by atoms with Crippen molar-refractivity contribution in [2.24, 2.45) is 11.7 Å². The Kier molecular flexibility index (Phi) is 4.75. The average molecular weight is 288 g/mol. The lowest BCUT2D eigenvalue weighted by Crippen LogP contribution is -2.37. The number of nitrogens with zero attached hydrogens (tertiary/aromatic N) is 1. The average Bonchev–Trinajstić information content (AvgIpc) is 2.87. The first-order valence-corrected chi connectivity index (χ1v) is 7.01. The van der Waals surface area contributed by atoms with Crippen LogP contribution in [0.25, 0.3) is 0 Å². The van der Waals surface area contributed by atoms with Crippen LogP contribution in [-0.4, -0.2) is 29.6 Å². The number of hydrogen-bond acceptors (Lipinski definition) is 3. The van der Waals surface area contributed by atoms with Gasteiger partial charge in [0.05, 0.1) is 12.3 Å². The number of nitrogens with two attached hydrogens (primary N) is 1. The lowest BCUT2D eigenvalue weighted by atomic mass is 10.1. The van der Waals surface area contributed by atoms with E-state index in [1.165, 1.54) is 0 Å². The number of carbonyl (C=O) groups excluding carboxylic acids is 1. The van der Waals surface area contributed by atoms with E-state index in [1.807, 2.05) is 43.3 Å². The minimum atomic E-state index is -0.918. The molecule has 1 aliphatic rings. The van der Waals surface area contributed by atoms with Crippen LogP contribution in [0.2, 0.25) is 0 Å². The Bertz CT molecular complexity index is 551. The van der Waals surface area contributed by atoms with E-state index in [0.717, 1.165) is 11.3 Å². The highest BCUT2D eigenvalue weighted by Gasteiger charge is 2.28. The van der Waals surface area contributed by atoms with Gasteiger partial charge < -0.3 is 15.7 Å². The van der Waals surface area contributed by atoms with Gasteiger partial charge >= 0.3 is 5.97 Å². The Morgan fingerprint density at radius 1 is 1.29 bits per heavy atom. The Morgan fingerprint density at radius 2 is 1.95 bits per heavy atom. The van der Waals surface area contributed by atoms with Gasteiger partial charge in [-0.05, 0) is 25.5 Å². The number of amides is 1. The van der Waals surface area contributed by atoms with Crippen molar-refractivity contribution in [2.75, 3.05) is 11.4 Å². The zero-order valence-electron chi connectivity index (χ0n) is 12.0. The van der Waals surface area contributed by atoms with Gasteiger partial charge in [-0.25, -0.2) is 0 Å². The fraction of sp³-hybridized carbons (Fsp3) is 0.375. The molecule has 0 saturated heterocycles. The molecule has 0 saturated carbocycles. The zero-order valence-corrected chi connectivity index (χ0v) is 12.0. The number of benzene rings is 1. The summed E-state index contributed by atoms with van der Waals surface area (Å²) in [5.41, 5.74) is 7.61. The number of rotatable bonds is 5. The maximum absolute atomic E-state index is 12.6. The van der Waals surface area contributed by atoms with Gasteiger partial charge in [0.25, 0.3) is 0 Å². The van der Waals surface area contributed by atoms with Gasteiger partial charge in [-0.1, -0.05) is 29.8 Å². The van der Waals surface area contributed by atoms with Crippen LogP contribution in [0.15, 0.2) is 36.4 Å². The molecule has 2 unspecified atom stereocenters. The first-order valence-electron chi connectivity index (χ1n) is 7.01. The largest absolute Gasteiger partial charge is 0.481 e. The van der Waals surface area contributed by atoms with Crippen molar-refractivity contribution < 1.29 is 14.7 Å². The van der Waals surface area contributed by atoms with E-state index in [2.05, 4.69) is 0 Å². The lowest BCUT2D eigenvalue weighted by Gasteiger charge is -2.25. The second-order valence-electron chi connectivity index (χ2n) is 5.36. The standard InChI is InChI=1S/C16H20N2O3/c1-11-2-6-14(7-3-11)18(9-8-15(19)20)16(21)12-4-5-13(17)10-12/h2-7,12-13H,8-10,17H2,1H3,(H,19,20). The van der Waals surface area contributed by atoms with Crippen LogP contribution < -0.4 is 10.6 Å². The van der Waals surface area contributed by atoms with E-state index < -0.39 is 5.97 Å². The van der Waals surface area contributed by atoms with E-state index in [0.29, 0.717) is 6.42 Å². The van der Waals surface area contributed by atoms with Crippen molar-refractivity contribution in [1.29, 1.82) is 0 Å². The summed E-state index contributed by atoms with van der Waals surface area (Å²) in [6, 6.07) is 7.40. The van der Waals surface area contributed by atoms with Gasteiger partial charge in [0.2, 0.25) is 5.91 Å². The van der Waals surface area contributed by atoms with Gasteiger partial charge in [-0.3, -0.25) is 9.59 Å². The van der Waals surface area contributed by atoms with E-state index in [-0.39, 0.29) is 30.8 Å². The molecule has 2 atom stereocenters. The Balaban J connectivity index is 2.18. The Morgan fingerprint density at radius 3 is 2.48 bits per heavy atom. The highest BCUT2D eigenvalue weighted by Crippen LogP contribution is 2.24.